The van der Waals surface area contributed by atoms with Crippen LogP contribution >= 0.6 is 11.3 Å². The van der Waals surface area contributed by atoms with E-state index in [2.05, 4.69) is 22.4 Å². The normalized spacial score (nSPS) is 16.3. The van der Waals surface area contributed by atoms with E-state index in [1.165, 1.54) is 33.9 Å². The number of benzene rings is 2. The largest absolute Gasteiger partial charge is 0.416 e. The molecule has 3 aromatic rings. The fourth-order valence-corrected chi connectivity index (χ4v) is 4.47. The number of carbonyl (C=O) groups is 1. The number of amides is 1. The summed E-state index contributed by atoms with van der Waals surface area (Å²) in [4.78, 5) is 19.5. The predicted octanol–water partition coefficient (Wildman–Crippen LogP) is 3.56. The molecule has 1 unspecified atom stereocenters. The van der Waals surface area contributed by atoms with E-state index >= 15 is 0 Å². The maximum atomic E-state index is 12.7. The molecular formula is C21H19F3N3OS+. The monoisotopic (exact) mass is 418 g/mol. The second-order valence-corrected chi connectivity index (χ2v) is 8.09. The highest BCUT2D eigenvalue weighted by atomic mass is 32.1. The number of nitrogens with one attached hydrogen (secondary N) is 2. The molecule has 4 rings (SSSR count). The number of hydrogen-bond acceptors (Lipinski definition) is 3. The highest BCUT2D eigenvalue weighted by Crippen LogP contribution is 2.29. The molecular weight excluding hydrogens is 399 g/mol. The molecule has 8 heteroatoms. The van der Waals surface area contributed by atoms with Gasteiger partial charge in [0.05, 0.1) is 22.7 Å². The van der Waals surface area contributed by atoms with Gasteiger partial charge in [-0.15, -0.1) is 0 Å². The van der Waals surface area contributed by atoms with Crippen molar-refractivity contribution in [2.24, 2.45) is 0 Å². The summed E-state index contributed by atoms with van der Waals surface area (Å²) in [7, 11) is 0. The molecule has 2 aromatic carbocycles. The van der Waals surface area contributed by atoms with Crippen molar-refractivity contribution in [1.82, 2.24) is 4.98 Å². The van der Waals surface area contributed by atoms with Crippen LogP contribution in [0.3, 0.4) is 0 Å². The Bertz CT molecular complexity index is 1000. The predicted molar refractivity (Wildman–Crippen MR) is 105 cm³/mol. The number of anilines is 1. The van der Waals surface area contributed by atoms with Crippen LogP contribution in [-0.2, 0) is 25.7 Å². The molecule has 0 aliphatic carbocycles. The minimum Gasteiger partial charge on any atom is -0.326 e. The topological polar surface area (TPSA) is 46.4 Å². The smallest absolute Gasteiger partial charge is 0.326 e. The van der Waals surface area contributed by atoms with Crippen molar-refractivity contribution in [2.75, 3.05) is 11.9 Å². The highest BCUT2D eigenvalue weighted by Gasteiger charge is 2.30. The molecule has 1 atom stereocenters. The van der Waals surface area contributed by atoms with Crippen LogP contribution in [0.2, 0.25) is 0 Å². The van der Waals surface area contributed by atoms with Crippen molar-refractivity contribution in [3.05, 3.63) is 81.9 Å². The second kappa shape index (κ2) is 7.96. The molecule has 1 aliphatic heterocycles. The molecule has 1 aromatic heterocycles. The molecule has 0 spiro atoms. The minimum atomic E-state index is -4.42. The van der Waals surface area contributed by atoms with Gasteiger partial charge < -0.3 is 4.90 Å². The minimum absolute atomic E-state index is 0.169. The standard InChI is InChI=1S/C21H18F3N3OS/c22-21(23,24)16-8-6-15(7-9-16)19(28)26-20-25-17-10-11-27(13-18(17)29-20)12-14-4-2-1-3-5-14/h1-9H,10-13H2,(H,25,26,28)/p+1. The van der Waals surface area contributed by atoms with Gasteiger partial charge in [-0.05, 0) is 24.3 Å². The Balaban J connectivity index is 1.41. The van der Waals surface area contributed by atoms with E-state index in [-0.39, 0.29) is 5.56 Å². The lowest BCUT2D eigenvalue weighted by Crippen LogP contribution is -3.10. The Hall–Kier alpha value is -2.71. The van der Waals surface area contributed by atoms with E-state index in [0.717, 1.165) is 48.8 Å². The van der Waals surface area contributed by atoms with Crippen molar-refractivity contribution in [3.63, 3.8) is 0 Å². The Morgan fingerprint density at radius 3 is 2.52 bits per heavy atom. The van der Waals surface area contributed by atoms with Gasteiger partial charge in [0, 0.05) is 17.5 Å². The number of halogens is 3. The van der Waals surface area contributed by atoms with E-state index in [4.69, 9.17) is 0 Å². The van der Waals surface area contributed by atoms with Gasteiger partial charge in [-0.2, -0.15) is 13.2 Å². The van der Waals surface area contributed by atoms with Crippen LogP contribution in [0.4, 0.5) is 18.3 Å². The van der Waals surface area contributed by atoms with Crippen LogP contribution in [0, 0.1) is 0 Å². The van der Waals surface area contributed by atoms with Gasteiger partial charge in [0.1, 0.15) is 13.1 Å². The molecule has 2 N–H and O–H groups in total. The summed E-state index contributed by atoms with van der Waals surface area (Å²) in [6.07, 6.45) is -3.58. The third-order valence-electron chi connectivity index (χ3n) is 4.90. The fourth-order valence-electron chi connectivity index (χ4n) is 3.40. The zero-order valence-electron chi connectivity index (χ0n) is 15.4. The summed E-state index contributed by atoms with van der Waals surface area (Å²) < 4.78 is 38.0. The molecule has 4 nitrogen and oxygen atoms in total. The molecule has 150 valence electrons. The van der Waals surface area contributed by atoms with Gasteiger partial charge in [-0.1, -0.05) is 41.7 Å². The van der Waals surface area contributed by atoms with Crippen LogP contribution in [0.1, 0.15) is 32.1 Å². The maximum absolute atomic E-state index is 12.7. The number of alkyl halides is 3. The Labute approximate surface area is 170 Å². The Morgan fingerprint density at radius 1 is 1.10 bits per heavy atom. The van der Waals surface area contributed by atoms with Gasteiger partial charge in [-0.25, -0.2) is 4.98 Å². The van der Waals surface area contributed by atoms with E-state index in [9.17, 15) is 18.0 Å². The number of quaternary nitrogens is 1. The van der Waals surface area contributed by atoms with Crippen molar-refractivity contribution in [2.45, 2.75) is 25.7 Å². The van der Waals surface area contributed by atoms with Gasteiger partial charge >= 0.3 is 6.18 Å². The summed E-state index contributed by atoms with van der Waals surface area (Å²) in [5.74, 6) is -0.460. The van der Waals surface area contributed by atoms with Crippen LogP contribution in [-0.4, -0.2) is 17.4 Å². The lowest BCUT2D eigenvalue weighted by atomic mass is 10.1. The lowest BCUT2D eigenvalue weighted by Gasteiger charge is -2.22. The number of aromatic nitrogens is 1. The zero-order chi connectivity index (χ0) is 20.4. The number of carbonyl (C=O) groups excluding carboxylic acids is 1. The molecule has 0 saturated heterocycles. The fraction of sp³-hybridized carbons (Fsp3) is 0.238. The highest BCUT2D eigenvalue weighted by molar-refractivity contribution is 7.15. The van der Waals surface area contributed by atoms with Crippen molar-refractivity contribution in [3.8, 4) is 0 Å². The van der Waals surface area contributed by atoms with Gasteiger partial charge in [0.15, 0.2) is 5.13 Å². The Kier molecular flexibility index (Phi) is 5.38. The van der Waals surface area contributed by atoms with E-state index in [0.29, 0.717) is 5.13 Å². The van der Waals surface area contributed by atoms with Crippen LogP contribution in [0.25, 0.3) is 0 Å². The quantitative estimate of drug-likeness (QED) is 0.681. The number of hydrogen-bond donors (Lipinski definition) is 2. The van der Waals surface area contributed by atoms with Crippen LogP contribution in [0.5, 0.6) is 0 Å². The van der Waals surface area contributed by atoms with Gasteiger partial charge in [0.25, 0.3) is 5.91 Å². The first kappa shape index (κ1) is 19.6. The number of thiazole rings is 1. The third kappa shape index (κ3) is 4.65. The third-order valence-corrected chi connectivity index (χ3v) is 5.91. The molecule has 1 aliphatic rings. The summed E-state index contributed by atoms with van der Waals surface area (Å²) in [6, 6.07) is 14.5. The van der Waals surface area contributed by atoms with Crippen molar-refractivity contribution >= 4 is 22.4 Å². The maximum Gasteiger partial charge on any atom is 0.416 e. The van der Waals surface area contributed by atoms with Crippen molar-refractivity contribution < 1.29 is 22.9 Å². The summed E-state index contributed by atoms with van der Waals surface area (Å²) >= 11 is 1.44. The second-order valence-electron chi connectivity index (χ2n) is 7.01. The average Bonchev–Trinajstić information content (AvgIpc) is 3.09. The van der Waals surface area contributed by atoms with E-state index < -0.39 is 17.6 Å². The molecule has 0 saturated carbocycles. The first-order chi connectivity index (χ1) is 13.9. The molecule has 29 heavy (non-hydrogen) atoms. The molecule has 0 fully saturated rings. The van der Waals surface area contributed by atoms with Crippen LogP contribution in [0.15, 0.2) is 54.6 Å². The average molecular weight is 418 g/mol. The zero-order valence-corrected chi connectivity index (χ0v) is 16.2. The Morgan fingerprint density at radius 2 is 1.83 bits per heavy atom. The van der Waals surface area contributed by atoms with E-state index in [1.54, 1.807) is 0 Å². The SMILES string of the molecule is O=C(Nc1nc2c(s1)C[NH+](Cc1ccccc1)CC2)c1ccc(C(F)(F)F)cc1. The molecule has 0 bridgehead atoms. The summed E-state index contributed by atoms with van der Waals surface area (Å²) in [5.41, 5.74) is 1.67. The van der Waals surface area contributed by atoms with Gasteiger partial charge in [-0.3, -0.25) is 10.1 Å². The van der Waals surface area contributed by atoms with Crippen molar-refractivity contribution in [1.29, 1.82) is 0 Å². The number of rotatable bonds is 4. The number of fused-ring (bicyclic) bond motifs is 1. The number of nitrogens with zero attached hydrogens (tertiary/aromatic N) is 1. The summed E-state index contributed by atoms with van der Waals surface area (Å²) in [5, 5.41) is 3.20. The molecule has 0 radical (unpaired) electrons. The first-order valence-corrected chi connectivity index (χ1v) is 10.0. The first-order valence-electron chi connectivity index (χ1n) is 9.23. The van der Waals surface area contributed by atoms with Crippen LogP contribution < -0.4 is 10.2 Å². The summed E-state index contributed by atoms with van der Waals surface area (Å²) in [6.45, 7) is 2.75. The lowest BCUT2D eigenvalue weighted by molar-refractivity contribution is -0.929. The van der Waals surface area contributed by atoms with E-state index in [1.807, 2.05) is 18.2 Å². The molecule has 2 heterocycles. The molecule has 1 amide bonds. The van der Waals surface area contributed by atoms with Gasteiger partial charge in [0.2, 0.25) is 0 Å².